The zero-order valence-corrected chi connectivity index (χ0v) is 12.2. The predicted molar refractivity (Wildman–Crippen MR) is 82.3 cm³/mol. The molecule has 1 fully saturated rings. The Balaban J connectivity index is 1.74. The molecule has 0 bridgehead atoms. The molecule has 0 heterocycles. The van der Waals surface area contributed by atoms with E-state index in [1.165, 1.54) is 21.9 Å². The molecule has 0 amide bonds. The van der Waals surface area contributed by atoms with E-state index in [0.29, 0.717) is 0 Å². The van der Waals surface area contributed by atoms with E-state index in [9.17, 15) is 0 Å². The van der Waals surface area contributed by atoms with Gasteiger partial charge in [-0.25, -0.2) is 0 Å². The van der Waals surface area contributed by atoms with E-state index in [0.717, 1.165) is 25.9 Å². The predicted octanol–water partition coefficient (Wildman–Crippen LogP) is 3.88. The maximum atomic E-state index is 9.16. The number of hydrogen-bond donors (Lipinski definition) is 0. The lowest BCUT2D eigenvalue weighted by molar-refractivity contribution is 0.287. The lowest BCUT2D eigenvalue weighted by Gasteiger charge is -2.19. The second-order valence-electron chi connectivity index (χ2n) is 6.25. The number of nitriles is 1. The highest BCUT2D eigenvalue weighted by Gasteiger charge is 2.43. The Labute approximate surface area is 120 Å². The fourth-order valence-corrected chi connectivity index (χ4v) is 2.85. The Morgan fingerprint density at radius 3 is 2.55 bits per heavy atom. The first-order chi connectivity index (χ1) is 9.60. The van der Waals surface area contributed by atoms with Crippen LogP contribution < -0.4 is 0 Å². The summed E-state index contributed by atoms with van der Waals surface area (Å²) in [7, 11) is 2.11. The van der Waals surface area contributed by atoms with Gasteiger partial charge in [0.1, 0.15) is 0 Å². The molecule has 0 saturated heterocycles. The second-order valence-corrected chi connectivity index (χ2v) is 6.25. The SMILES string of the molecule is Cc1ccc2cc(CN(C)CC3(C#N)CC3)ccc2c1. The van der Waals surface area contributed by atoms with Crippen LogP contribution in [0.3, 0.4) is 0 Å². The molecule has 0 atom stereocenters. The number of benzene rings is 2. The molecular weight excluding hydrogens is 244 g/mol. The van der Waals surface area contributed by atoms with Gasteiger partial charge in [0, 0.05) is 13.1 Å². The third kappa shape index (κ3) is 2.69. The van der Waals surface area contributed by atoms with Crippen molar-refractivity contribution in [2.45, 2.75) is 26.3 Å². The van der Waals surface area contributed by atoms with E-state index < -0.39 is 0 Å². The van der Waals surface area contributed by atoms with Crippen LogP contribution in [0.2, 0.25) is 0 Å². The van der Waals surface area contributed by atoms with Gasteiger partial charge in [-0.05, 0) is 49.2 Å². The second kappa shape index (κ2) is 4.92. The molecule has 1 saturated carbocycles. The first kappa shape index (κ1) is 13.1. The molecule has 102 valence electrons. The molecule has 0 radical (unpaired) electrons. The summed E-state index contributed by atoms with van der Waals surface area (Å²) >= 11 is 0. The van der Waals surface area contributed by atoms with Crippen molar-refractivity contribution in [2.75, 3.05) is 13.6 Å². The Kier molecular flexibility index (Phi) is 3.23. The van der Waals surface area contributed by atoms with Gasteiger partial charge < -0.3 is 4.90 Å². The van der Waals surface area contributed by atoms with Crippen molar-refractivity contribution in [3.63, 3.8) is 0 Å². The molecule has 0 aromatic heterocycles. The average Bonchev–Trinajstić information content (AvgIpc) is 3.19. The molecule has 0 N–H and O–H groups in total. The van der Waals surface area contributed by atoms with Gasteiger partial charge in [-0.3, -0.25) is 0 Å². The van der Waals surface area contributed by atoms with Gasteiger partial charge in [-0.2, -0.15) is 5.26 Å². The molecule has 2 heteroatoms. The van der Waals surface area contributed by atoms with Crippen LogP contribution in [0.5, 0.6) is 0 Å². The van der Waals surface area contributed by atoms with Gasteiger partial charge in [0.15, 0.2) is 0 Å². The third-order valence-electron chi connectivity index (χ3n) is 4.18. The number of fused-ring (bicyclic) bond motifs is 1. The molecular formula is C18H20N2. The molecule has 0 aliphatic heterocycles. The van der Waals surface area contributed by atoms with Crippen molar-refractivity contribution in [2.24, 2.45) is 5.41 Å². The Morgan fingerprint density at radius 2 is 1.85 bits per heavy atom. The number of rotatable bonds is 4. The van der Waals surface area contributed by atoms with E-state index in [-0.39, 0.29) is 5.41 Å². The van der Waals surface area contributed by atoms with Crippen LogP contribution in [0, 0.1) is 23.7 Å². The minimum Gasteiger partial charge on any atom is -0.301 e. The lowest BCUT2D eigenvalue weighted by Crippen LogP contribution is -2.25. The van der Waals surface area contributed by atoms with Crippen LogP contribution >= 0.6 is 0 Å². The number of nitrogens with zero attached hydrogens (tertiary/aromatic N) is 2. The van der Waals surface area contributed by atoms with Gasteiger partial charge in [-0.1, -0.05) is 35.9 Å². The van der Waals surface area contributed by atoms with Crippen molar-refractivity contribution in [1.82, 2.24) is 4.90 Å². The lowest BCUT2D eigenvalue weighted by atomic mass is 10.0. The first-order valence-electron chi connectivity index (χ1n) is 7.19. The summed E-state index contributed by atoms with van der Waals surface area (Å²) in [4.78, 5) is 2.27. The van der Waals surface area contributed by atoms with Crippen LogP contribution in [0.15, 0.2) is 36.4 Å². The zero-order chi connectivity index (χ0) is 14.2. The van der Waals surface area contributed by atoms with E-state index in [1.807, 2.05) is 0 Å². The Morgan fingerprint density at radius 1 is 1.15 bits per heavy atom. The van der Waals surface area contributed by atoms with E-state index in [4.69, 9.17) is 5.26 Å². The fraction of sp³-hybridized carbons (Fsp3) is 0.389. The topological polar surface area (TPSA) is 27.0 Å². The van der Waals surface area contributed by atoms with Crippen molar-refractivity contribution in [3.05, 3.63) is 47.5 Å². The van der Waals surface area contributed by atoms with Crippen molar-refractivity contribution in [1.29, 1.82) is 5.26 Å². The molecule has 0 unspecified atom stereocenters. The number of aryl methyl sites for hydroxylation is 1. The summed E-state index contributed by atoms with van der Waals surface area (Å²) in [5.74, 6) is 0. The standard InChI is InChI=1S/C18H20N2/c1-14-3-5-17-10-15(4-6-16(17)9-14)11-20(2)13-18(12-19)7-8-18/h3-6,9-10H,7-8,11,13H2,1-2H3. The highest BCUT2D eigenvalue weighted by atomic mass is 15.1. The largest absolute Gasteiger partial charge is 0.301 e. The van der Waals surface area contributed by atoms with Gasteiger partial charge in [0.2, 0.25) is 0 Å². The molecule has 2 aromatic carbocycles. The molecule has 0 spiro atoms. The summed E-state index contributed by atoms with van der Waals surface area (Å²) in [6.45, 7) is 3.92. The summed E-state index contributed by atoms with van der Waals surface area (Å²) in [5.41, 5.74) is 2.56. The van der Waals surface area contributed by atoms with Gasteiger partial charge in [0.05, 0.1) is 11.5 Å². The van der Waals surface area contributed by atoms with Crippen molar-refractivity contribution < 1.29 is 0 Å². The third-order valence-corrected chi connectivity index (χ3v) is 4.18. The maximum absolute atomic E-state index is 9.16. The molecule has 3 rings (SSSR count). The van der Waals surface area contributed by atoms with Crippen molar-refractivity contribution >= 4 is 10.8 Å². The Bertz CT molecular complexity index is 677. The average molecular weight is 264 g/mol. The van der Waals surface area contributed by atoms with Crippen LogP contribution in [-0.4, -0.2) is 18.5 Å². The van der Waals surface area contributed by atoms with Crippen LogP contribution in [0.4, 0.5) is 0 Å². The quantitative estimate of drug-likeness (QED) is 0.838. The highest BCUT2D eigenvalue weighted by molar-refractivity contribution is 5.83. The van der Waals surface area contributed by atoms with E-state index in [2.05, 4.69) is 61.3 Å². The molecule has 20 heavy (non-hydrogen) atoms. The minimum absolute atomic E-state index is 0.0529. The number of hydrogen-bond acceptors (Lipinski definition) is 2. The monoisotopic (exact) mass is 264 g/mol. The van der Waals surface area contributed by atoms with Gasteiger partial charge in [-0.15, -0.1) is 0 Å². The maximum Gasteiger partial charge on any atom is 0.0703 e. The smallest absolute Gasteiger partial charge is 0.0703 e. The first-order valence-corrected chi connectivity index (χ1v) is 7.19. The normalized spacial score (nSPS) is 16.3. The molecule has 2 aromatic rings. The van der Waals surface area contributed by atoms with Crippen LogP contribution in [-0.2, 0) is 6.54 Å². The molecule has 1 aliphatic carbocycles. The molecule has 1 aliphatic rings. The summed E-state index contributed by atoms with van der Waals surface area (Å²) in [6, 6.07) is 15.7. The zero-order valence-electron chi connectivity index (χ0n) is 12.2. The van der Waals surface area contributed by atoms with Gasteiger partial charge in [0.25, 0.3) is 0 Å². The summed E-state index contributed by atoms with van der Waals surface area (Å²) < 4.78 is 0. The summed E-state index contributed by atoms with van der Waals surface area (Å²) in [5, 5.41) is 11.8. The van der Waals surface area contributed by atoms with E-state index >= 15 is 0 Å². The summed E-state index contributed by atoms with van der Waals surface area (Å²) in [6.07, 6.45) is 2.12. The minimum atomic E-state index is -0.0529. The van der Waals surface area contributed by atoms with Crippen molar-refractivity contribution in [3.8, 4) is 6.07 Å². The van der Waals surface area contributed by atoms with Crippen LogP contribution in [0.25, 0.3) is 10.8 Å². The Hall–Kier alpha value is -1.85. The highest BCUT2D eigenvalue weighted by Crippen LogP contribution is 2.45. The molecule has 2 nitrogen and oxygen atoms in total. The fourth-order valence-electron chi connectivity index (χ4n) is 2.85. The van der Waals surface area contributed by atoms with E-state index in [1.54, 1.807) is 0 Å². The van der Waals surface area contributed by atoms with Crippen LogP contribution in [0.1, 0.15) is 24.0 Å². The van der Waals surface area contributed by atoms with Gasteiger partial charge >= 0.3 is 0 Å².